The lowest BCUT2D eigenvalue weighted by atomic mass is 10.2. The van der Waals surface area contributed by atoms with E-state index in [4.69, 9.17) is 38.4 Å². The van der Waals surface area contributed by atoms with Gasteiger partial charge in [0.25, 0.3) is 0 Å². The Hall–Kier alpha value is -1.65. The minimum absolute atomic E-state index is 0.333. The van der Waals surface area contributed by atoms with Gasteiger partial charge in [0.05, 0.1) is 15.7 Å². The van der Waals surface area contributed by atoms with Crippen molar-refractivity contribution in [2.24, 2.45) is 0 Å². The molecule has 0 fully saturated rings. The van der Waals surface area contributed by atoms with Gasteiger partial charge in [-0.15, -0.1) is 0 Å². The summed E-state index contributed by atoms with van der Waals surface area (Å²) in [7, 11) is 0. The van der Waals surface area contributed by atoms with Crippen molar-refractivity contribution in [3.63, 3.8) is 0 Å². The Morgan fingerprint density at radius 3 is 2.38 bits per heavy atom. The summed E-state index contributed by atoms with van der Waals surface area (Å²) in [5.74, 6) is 1.23. The normalized spacial score (nSPS) is 11.3. The number of benzene rings is 1. The molecule has 2 rings (SSSR count). The molecule has 1 aromatic heterocycles. The van der Waals surface area contributed by atoms with Crippen molar-refractivity contribution in [2.45, 2.75) is 26.4 Å². The Balaban J connectivity index is 2.24. The highest BCUT2D eigenvalue weighted by molar-refractivity contribution is 6.42. The minimum Gasteiger partial charge on any atom is -0.470 e. The number of rotatable bonds is 3. The van der Waals surface area contributed by atoms with Crippen molar-refractivity contribution < 1.29 is 9.47 Å². The molecule has 1 heterocycles. The van der Waals surface area contributed by atoms with Crippen molar-refractivity contribution in [3.05, 3.63) is 40.4 Å². The molecule has 0 aliphatic heterocycles. The zero-order valence-corrected chi connectivity index (χ0v) is 13.5. The summed E-state index contributed by atoms with van der Waals surface area (Å²) in [5.41, 5.74) is 5.90. The first-order valence-corrected chi connectivity index (χ1v) is 7.08. The van der Waals surface area contributed by atoms with Crippen molar-refractivity contribution in [1.29, 1.82) is 0 Å². The average molecular weight is 327 g/mol. The molecule has 0 radical (unpaired) electrons. The summed E-state index contributed by atoms with van der Waals surface area (Å²) < 4.78 is 11.3. The van der Waals surface area contributed by atoms with Crippen LogP contribution in [-0.2, 0) is 0 Å². The second-order valence-corrected chi connectivity index (χ2v) is 6.25. The second-order valence-electron chi connectivity index (χ2n) is 5.44. The van der Waals surface area contributed by atoms with Gasteiger partial charge in [-0.05, 0) is 39.0 Å². The van der Waals surface area contributed by atoms with Crippen LogP contribution in [0.4, 0.5) is 5.69 Å². The molecule has 0 aliphatic carbocycles. The number of nitrogen functional groups attached to an aromatic ring is 1. The maximum absolute atomic E-state index is 5.95. The number of hydrogen-bond donors (Lipinski definition) is 1. The predicted molar refractivity (Wildman–Crippen MR) is 85.6 cm³/mol. The topological polar surface area (TPSA) is 57.4 Å². The van der Waals surface area contributed by atoms with Crippen LogP contribution in [0.2, 0.25) is 10.0 Å². The highest BCUT2D eigenvalue weighted by Gasteiger charge is 2.16. The molecule has 2 N–H and O–H groups in total. The summed E-state index contributed by atoms with van der Waals surface area (Å²) in [6.07, 6.45) is 0. The number of anilines is 1. The smallest absolute Gasteiger partial charge is 0.241 e. The SMILES string of the molecule is CC(C)(C)Oc1nc(Oc2ccc(Cl)c(Cl)c2)ccc1N. The van der Waals surface area contributed by atoms with Crippen LogP contribution in [0.5, 0.6) is 17.5 Å². The highest BCUT2D eigenvalue weighted by atomic mass is 35.5. The third-order valence-electron chi connectivity index (χ3n) is 2.38. The fourth-order valence-corrected chi connectivity index (χ4v) is 1.81. The number of pyridine rings is 1. The fraction of sp³-hybridized carbons (Fsp3) is 0.267. The van der Waals surface area contributed by atoms with E-state index >= 15 is 0 Å². The summed E-state index contributed by atoms with van der Waals surface area (Å²) in [6.45, 7) is 5.75. The van der Waals surface area contributed by atoms with Gasteiger partial charge >= 0.3 is 0 Å². The molecule has 6 heteroatoms. The molecule has 0 saturated carbocycles. The van der Waals surface area contributed by atoms with Crippen LogP contribution in [0.1, 0.15) is 20.8 Å². The molecule has 0 aliphatic rings. The molecule has 0 amide bonds. The van der Waals surface area contributed by atoms with Gasteiger partial charge in [0.1, 0.15) is 11.4 Å². The third kappa shape index (κ3) is 4.41. The van der Waals surface area contributed by atoms with E-state index in [1.54, 1.807) is 30.3 Å². The van der Waals surface area contributed by atoms with Gasteiger partial charge in [-0.1, -0.05) is 23.2 Å². The van der Waals surface area contributed by atoms with E-state index in [0.29, 0.717) is 33.2 Å². The van der Waals surface area contributed by atoms with Gasteiger partial charge < -0.3 is 15.2 Å². The van der Waals surface area contributed by atoms with Gasteiger partial charge in [0.15, 0.2) is 0 Å². The van der Waals surface area contributed by atoms with Crippen molar-refractivity contribution in [1.82, 2.24) is 4.98 Å². The van der Waals surface area contributed by atoms with Gasteiger partial charge in [0, 0.05) is 12.1 Å². The lowest BCUT2D eigenvalue weighted by molar-refractivity contribution is 0.124. The quantitative estimate of drug-likeness (QED) is 0.867. The van der Waals surface area contributed by atoms with Crippen LogP contribution in [0.3, 0.4) is 0 Å². The number of ether oxygens (including phenoxy) is 2. The molecule has 0 atom stereocenters. The van der Waals surface area contributed by atoms with Crippen molar-refractivity contribution in [3.8, 4) is 17.5 Å². The molecule has 112 valence electrons. The van der Waals surface area contributed by atoms with E-state index in [9.17, 15) is 0 Å². The molecule has 21 heavy (non-hydrogen) atoms. The van der Waals surface area contributed by atoms with E-state index in [2.05, 4.69) is 4.98 Å². The lowest BCUT2D eigenvalue weighted by Gasteiger charge is -2.21. The Morgan fingerprint density at radius 1 is 1.05 bits per heavy atom. The van der Waals surface area contributed by atoms with Crippen LogP contribution in [0.15, 0.2) is 30.3 Å². The molecule has 0 bridgehead atoms. The monoisotopic (exact) mass is 326 g/mol. The zero-order valence-electron chi connectivity index (χ0n) is 12.0. The number of aromatic nitrogens is 1. The van der Waals surface area contributed by atoms with E-state index in [1.165, 1.54) is 0 Å². The fourth-order valence-electron chi connectivity index (χ4n) is 1.52. The molecule has 4 nitrogen and oxygen atoms in total. The van der Waals surface area contributed by atoms with Gasteiger partial charge in [0.2, 0.25) is 11.8 Å². The van der Waals surface area contributed by atoms with Gasteiger partial charge in [-0.25, -0.2) is 0 Å². The van der Waals surface area contributed by atoms with Gasteiger partial charge in [-0.3, -0.25) is 0 Å². The Kier molecular flexibility index (Phi) is 4.49. The maximum Gasteiger partial charge on any atom is 0.241 e. The number of nitrogens with zero attached hydrogens (tertiary/aromatic N) is 1. The number of halogens is 2. The summed E-state index contributed by atoms with van der Waals surface area (Å²) >= 11 is 11.8. The van der Waals surface area contributed by atoms with Crippen molar-refractivity contribution >= 4 is 28.9 Å². The summed E-state index contributed by atoms with van der Waals surface area (Å²) in [5, 5.41) is 0.877. The Labute approximate surface area is 133 Å². The number of hydrogen-bond acceptors (Lipinski definition) is 4. The van der Waals surface area contributed by atoms with Crippen LogP contribution >= 0.6 is 23.2 Å². The lowest BCUT2D eigenvalue weighted by Crippen LogP contribution is -2.24. The predicted octanol–water partition coefficient (Wildman–Crippen LogP) is 4.94. The van der Waals surface area contributed by atoms with E-state index in [-0.39, 0.29) is 0 Å². The van der Waals surface area contributed by atoms with E-state index in [1.807, 2.05) is 20.8 Å². The summed E-state index contributed by atoms with van der Waals surface area (Å²) in [6, 6.07) is 8.32. The molecular weight excluding hydrogens is 311 g/mol. The molecular formula is C15H16Cl2N2O2. The first-order chi connectivity index (χ1) is 9.74. The molecule has 1 aromatic carbocycles. The van der Waals surface area contributed by atoms with Crippen LogP contribution in [0.25, 0.3) is 0 Å². The highest BCUT2D eigenvalue weighted by Crippen LogP contribution is 2.31. The Bertz CT molecular complexity index is 655. The minimum atomic E-state index is -0.399. The molecule has 0 spiro atoms. The van der Waals surface area contributed by atoms with Crippen LogP contribution < -0.4 is 15.2 Å². The molecule has 0 unspecified atom stereocenters. The van der Waals surface area contributed by atoms with E-state index < -0.39 is 5.60 Å². The third-order valence-corrected chi connectivity index (χ3v) is 3.12. The first-order valence-electron chi connectivity index (χ1n) is 6.33. The summed E-state index contributed by atoms with van der Waals surface area (Å²) in [4.78, 5) is 4.26. The molecule has 0 saturated heterocycles. The Morgan fingerprint density at radius 2 is 1.76 bits per heavy atom. The largest absolute Gasteiger partial charge is 0.470 e. The van der Waals surface area contributed by atoms with E-state index in [0.717, 1.165) is 0 Å². The second kappa shape index (κ2) is 6.00. The zero-order chi connectivity index (χ0) is 15.6. The van der Waals surface area contributed by atoms with Gasteiger partial charge in [-0.2, -0.15) is 4.98 Å². The standard InChI is InChI=1S/C15H16Cl2N2O2/c1-15(2,3)21-14-12(18)6-7-13(19-14)20-9-4-5-10(16)11(17)8-9/h4-8H,18H2,1-3H3. The van der Waals surface area contributed by atoms with Crippen LogP contribution in [-0.4, -0.2) is 10.6 Å². The number of nitrogens with two attached hydrogens (primary N) is 1. The van der Waals surface area contributed by atoms with Crippen molar-refractivity contribution in [2.75, 3.05) is 5.73 Å². The molecule has 2 aromatic rings. The first kappa shape index (κ1) is 15.7. The maximum atomic E-state index is 5.95. The average Bonchev–Trinajstić information content (AvgIpc) is 2.36. The van der Waals surface area contributed by atoms with Crippen LogP contribution in [0, 0.1) is 0 Å².